The van der Waals surface area contributed by atoms with Crippen LogP contribution in [0.1, 0.15) is 44.6 Å². The van der Waals surface area contributed by atoms with Gasteiger partial charge in [0.05, 0.1) is 11.7 Å². The van der Waals surface area contributed by atoms with Gasteiger partial charge in [-0.2, -0.15) is 22.0 Å². The van der Waals surface area contributed by atoms with E-state index in [0.29, 0.717) is 25.4 Å². The van der Waals surface area contributed by atoms with Gasteiger partial charge in [0.15, 0.2) is 0 Å². The molecule has 1 fully saturated rings. The van der Waals surface area contributed by atoms with Crippen LogP contribution in [0.15, 0.2) is 35.9 Å². The van der Waals surface area contributed by atoms with Crippen molar-refractivity contribution in [1.82, 2.24) is 0 Å². The van der Waals surface area contributed by atoms with Crippen LogP contribution >= 0.6 is 0 Å². The minimum Gasteiger partial charge on any atom is -0.429 e. The maximum atomic E-state index is 14.9. The Morgan fingerprint density at radius 1 is 1.03 bits per heavy atom. The third kappa shape index (κ3) is 5.92. The number of hydrogen-bond acceptors (Lipinski definition) is 2. The Hall–Kier alpha value is -2.73. The second-order valence-electron chi connectivity index (χ2n) is 9.12. The number of rotatable bonds is 4. The molecule has 0 spiro atoms. The molecule has 1 aliphatic heterocycles. The molecule has 1 heterocycles. The van der Waals surface area contributed by atoms with Gasteiger partial charge < -0.3 is 9.47 Å². The first-order valence-electron chi connectivity index (χ1n) is 11.3. The lowest BCUT2D eigenvalue weighted by Crippen LogP contribution is -2.34. The zero-order valence-electron chi connectivity index (χ0n) is 18.8. The van der Waals surface area contributed by atoms with Crippen LogP contribution in [-0.4, -0.2) is 25.0 Å². The van der Waals surface area contributed by atoms with Crippen LogP contribution in [0, 0.1) is 35.3 Å². The van der Waals surface area contributed by atoms with Crippen LogP contribution in [0.2, 0.25) is 0 Å². The number of allylic oxidation sites excluding steroid dienone is 1. The van der Waals surface area contributed by atoms with Crippen LogP contribution in [0.5, 0.6) is 5.75 Å². The maximum Gasteiger partial charge on any atom is 0.458 e. The Bertz CT molecular complexity index is 1180. The third-order valence-electron chi connectivity index (χ3n) is 6.47. The molecule has 3 atom stereocenters. The van der Waals surface area contributed by atoms with E-state index in [0.717, 1.165) is 43.0 Å². The van der Waals surface area contributed by atoms with E-state index < -0.39 is 29.5 Å². The second kappa shape index (κ2) is 9.73. The molecule has 0 radical (unpaired) electrons. The highest BCUT2D eigenvalue weighted by molar-refractivity contribution is 5.86. The predicted molar refractivity (Wildman–Crippen MR) is 116 cm³/mol. The summed E-state index contributed by atoms with van der Waals surface area (Å²) in [4.78, 5) is 0. The van der Waals surface area contributed by atoms with Gasteiger partial charge in [0.2, 0.25) is 0 Å². The lowest BCUT2D eigenvalue weighted by molar-refractivity contribution is -0.146. The topological polar surface area (TPSA) is 18.5 Å². The molecule has 0 bridgehead atoms. The van der Waals surface area contributed by atoms with E-state index in [9.17, 15) is 30.7 Å². The lowest BCUT2D eigenvalue weighted by Gasteiger charge is -2.35. The molecule has 35 heavy (non-hydrogen) atoms. The van der Waals surface area contributed by atoms with Crippen molar-refractivity contribution in [2.75, 3.05) is 6.61 Å². The molecule has 2 aliphatic rings. The molecule has 3 unspecified atom stereocenters. The molecule has 2 aromatic carbocycles. The van der Waals surface area contributed by atoms with Crippen LogP contribution < -0.4 is 4.74 Å². The second-order valence-corrected chi connectivity index (χ2v) is 9.12. The van der Waals surface area contributed by atoms with E-state index in [1.165, 1.54) is 12.0 Å². The molecule has 2 aromatic rings. The minimum atomic E-state index is -4.92. The van der Waals surface area contributed by atoms with Crippen LogP contribution in [0.4, 0.5) is 30.7 Å². The van der Waals surface area contributed by atoms with E-state index >= 15 is 0 Å². The normalized spacial score (nSPS) is 23.4. The molecule has 2 nitrogen and oxygen atoms in total. The Morgan fingerprint density at radius 2 is 1.80 bits per heavy atom. The van der Waals surface area contributed by atoms with Crippen molar-refractivity contribution >= 4 is 10.8 Å². The first-order chi connectivity index (χ1) is 16.4. The van der Waals surface area contributed by atoms with Crippen molar-refractivity contribution in [3.8, 4) is 17.6 Å². The zero-order valence-corrected chi connectivity index (χ0v) is 18.8. The summed E-state index contributed by atoms with van der Waals surface area (Å²) in [5, 5.41) is -0.415. The summed E-state index contributed by atoms with van der Waals surface area (Å²) >= 11 is 0. The van der Waals surface area contributed by atoms with Gasteiger partial charge in [0, 0.05) is 23.5 Å². The predicted octanol–water partition coefficient (Wildman–Crippen LogP) is 7.55. The van der Waals surface area contributed by atoms with Gasteiger partial charge in [-0.25, -0.2) is 8.78 Å². The summed E-state index contributed by atoms with van der Waals surface area (Å²) in [7, 11) is 0. The van der Waals surface area contributed by atoms with Gasteiger partial charge in [-0.05, 0) is 73.6 Å². The lowest BCUT2D eigenvalue weighted by atomic mass is 9.82. The largest absolute Gasteiger partial charge is 0.458 e. The van der Waals surface area contributed by atoms with Crippen LogP contribution in [0.25, 0.3) is 10.8 Å². The van der Waals surface area contributed by atoms with E-state index in [-0.39, 0.29) is 40.5 Å². The molecule has 1 saturated heterocycles. The fraction of sp³-hybridized carbons (Fsp3) is 0.462. The quantitative estimate of drug-likeness (QED) is 0.245. The van der Waals surface area contributed by atoms with E-state index in [4.69, 9.17) is 9.47 Å². The van der Waals surface area contributed by atoms with Crippen molar-refractivity contribution in [2.24, 2.45) is 11.8 Å². The Balaban J connectivity index is 1.50. The van der Waals surface area contributed by atoms with Crippen molar-refractivity contribution in [3.05, 3.63) is 53.1 Å². The highest BCUT2D eigenvalue weighted by Crippen LogP contribution is 2.40. The van der Waals surface area contributed by atoms with E-state index in [1.807, 2.05) is 0 Å². The number of hydrogen-bond donors (Lipinski definition) is 0. The summed E-state index contributed by atoms with van der Waals surface area (Å²) in [6.45, 7) is 2.79. The summed E-state index contributed by atoms with van der Waals surface area (Å²) in [5.74, 6) is -0.0388. The van der Waals surface area contributed by atoms with Crippen molar-refractivity contribution < 1.29 is 40.2 Å². The first-order valence-corrected chi connectivity index (χ1v) is 11.3. The highest BCUT2D eigenvalue weighted by atomic mass is 19.4. The number of fused-ring (bicyclic) bond motifs is 1. The van der Waals surface area contributed by atoms with Crippen molar-refractivity contribution in [3.63, 3.8) is 0 Å². The van der Waals surface area contributed by atoms with Gasteiger partial charge in [0.25, 0.3) is 0 Å². The Kier molecular flexibility index (Phi) is 7.05. The van der Waals surface area contributed by atoms with E-state index in [2.05, 4.69) is 6.92 Å². The molecule has 0 amide bonds. The number of halogens is 7. The Morgan fingerprint density at radius 3 is 2.43 bits per heavy atom. The minimum absolute atomic E-state index is 0.0644. The van der Waals surface area contributed by atoms with Crippen LogP contribution in [-0.2, 0) is 4.74 Å². The Labute approximate surface area is 198 Å². The first kappa shape index (κ1) is 25.4. The molecule has 4 rings (SSSR count). The molecule has 0 N–H and O–H groups in total. The smallest absolute Gasteiger partial charge is 0.429 e. The van der Waals surface area contributed by atoms with Gasteiger partial charge in [-0.3, -0.25) is 0 Å². The highest BCUT2D eigenvalue weighted by Gasteiger charge is 2.40. The van der Waals surface area contributed by atoms with E-state index in [1.54, 1.807) is 0 Å². The molecular weight excluding hydrogens is 477 g/mol. The molecular formula is C26H23F7O2. The molecule has 9 heteroatoms. The SMILES string of the molecule is CC1CCC(C2CC=C(C(F)(F)Oc3ccc4c(F)c(C#CC(F)(F)F)c(F)cc4c3)CC2)OC1. The van der Waals surface area contributed by atoms with Crippen molar-refractivity contribution in [1.29, 1.82) is 0 Å². The van der Waals surface area contributed by atoms with Gasteiger partial charge in [0.1, 0.15) is 17.4 Å². The van der Waals surface area contributed by atoms with Crippen LogP contribution in [0.3, 0.4) is 0 Å². The average molecular weight is 500 g/mol. The number of benzene rings is 2. The van der Waals surface area contributed by atoms with Gasteiger partial charge >= 0.3 is 12.3 Å². The fourth-order valence-electron chi connectivity index (χ4n) is 4.56. The molecule has 188 valence electrons. The number of ether oxygens (including phenoxy) is 2. The zero-order chi connectivity index (χ0) is 25.4. The van der Waals surface area contributed by atoms with Crippen molar-refractivity contribution in [2.45, 2.75) is 57.4 Å². The summed E-state index contributed by atoms with van der Waals surface area (Å²) in [6, 6.07) is 3.85. The average Bonchev–Trinajstić information content (AvgIpc) is 2.78. The standard InChI is InChI=1S/C26H23F7O2/c1-15-2-9-23(34-14-15)16-3-5-18(6-4-16)26(32,33)35-19-7-8-20-17(12-19)13-22(27)21(24(20)28)10-11-25(29,30)31/h5,7-8,12-13,15-16,23H,2-4,6,9,14H2,1H3. The summed E-state index contributed by atoms with van der Waals surface area (Å²) in [6.07, 6.45) is -3.93. The maximum absolute atomic E-state index is 14.9. The summed E-state index contributed by atoms with van der Waals surface area (Å²) in [5.41, 5.74) is -1.22. The van der Waals surface area contributed by atoms with Gasteiger partial charge in [-0.15, -0.1) is 0 Å². The molecule has 0 saturated carbocycles. The third-order valence-corrected chi connectivity index (χ3v) is 6.47. The molecule has 0 aromatic heterocycles. The van der Waals surface area contributed by atoms with Gasteiger partial charge in [-0.1, -0.05) is 18.9 Å². The monoisotopic (exact) mass is 500 g/mol. The fourth-order valence-corrected chi connectivity index (χ4v) is 4.56. The summed E-state index contributed by atoms with van der Waals surface area (Å²) < 4.78 is 106. The number of alkyl halides is 5. The molecule has 1 aliphatic carbocycles.